The van der Waals surface area contributed by atoms with E-state index in [0.29, 0.717) is 6.61 Å². The van der Waals surface area contributed by atoms with E-state index in [1.807, 2.05) is 0 Å². The van der Waals surface area contributed by atoms with Crippen molar-refractivity contribution in [2.24, 2.45) is 0 Å². The van der Waals surface area contributed by atoms with Crippen molar-refractivity contribution in [3.8, 4) is 0 Å². The lowest BCUT2D eigenvalue weighted by molar-refractivity contribution is -0.357. The maximum atomic E-state index is 8.73. The van der Waals surface area contributed by atoms with E-state index >= 15 is 0 Å². The standard InChI is InChI=1S/C8H16O3/c1-4-5-6-10-11-8(2,3)7-9/h4,9H,1,5-7H2,2-3H3. The van der Waals surface area contributed by atoms with Crippen molar-refractivity contribution in [3.63, 3.8) is 0 Å². The second kappa shape index (κ2) is 5.29. The van der Waals surface area contributed by atoms with Crippen LogP contribution in [0.1, 0.15) is 20.3 Å². The van der Waals surface area contributed by atoms with Crippen LogP contribution >= 0.6 is 0 Å². The first-order valence-corrected chi connectivity index (χ1v) is 3.65. The molecule has 0 aromatic carbocycles. The summed E-state index contributed by atoms with van der Waals surface area (Å²) in [7, 11) is 0. The normalized spacial score (nSPS) is 11.5. The molecule has 0 aromatic heterocycles. The topological polar surface area (TPSA) is 38.7 Å². The van der Waals surface area contributed by atoms with Gasteiger partial charge in [-0.15, -0.1) is 6.58 Å². The summed E-state index contributed by atoms with van der Waals surface area (Å²) >= 11 is 0. The zero-order chi connectivity index (χ0) is 8.74. The van der Waals surface area contributed by atoms with E-state index in [0.717, 1.165) is 6.42 Å². The molecule has 0 rings (SSSR count). The van der Waals surface area contributed by atoms with E-state index < -0.39 is 5.60 Å². The van der Waals surface area contributed by atoms with E-state index in [1.165, 1.54) is 0 Å². The van der Waals surface area contributed by atoms with Crippen LogP contribution in [0, 0.1) is 0 Å². The minimum atomic E-state index is -0.610. The van der Waals surface area contributed by atoms with E-state index in [9.17, 15) is 0 Å². The summed E-state index contributed by atoms with van der Waals surface area (Å²) < 4.78 is 0. The van der Waals surface area contributed by atoms with Gasteiger partial charge in [0.1, 0.15) is 5.60 Å². The zero-order valence-electron chi connectivity index (χ0n) is 7.17. The monoisotopic (exact) mass is 160 g/mol. The Morgan fingerprint density at radius 2 is 2.18 bits per heavy atom. The summed E-state index contributed by atoms with van der Waals surface area (Å²) in [5.41, 5.74) is -0.610. The number of aliphatic hydroxyl groups excluding tert-OH is 1. The third-order valence-corrected chi connectivity index (χ3v) is 1.07. The zero-order valence-corrected chi connectivity index (χ0v) is 7.17. The van der Waals surface area contributed by atoms with Gasteiger partial charge in [0.15, 0.2) is 0 Å². The Balaban J connectivity index is 3.29. The summed E-state index contributed by atoms with van der Waals surface area (Å²) in [6.07, 6.45) is 2.50. The van der Waals surface area contributed by atoms with Crippen molar-refractivity contribution in [3.05, 3.63) is 12.7 Å². The first-order chi connectivity index (χ1) is 5.12. The highest BCUT2D eigenvalue weighted by molar-refractivity contribution is 4.65. The predicted molar refractivity (Wildman–Crippen MR) is 43.0 cm³/mol. The highest BCUT2D eigenvalue weighted by Gasteiger charge is 2.17. The van der Waals surface area contributed by atoms with Crippen LogP contribution in [0.4, 0.5) is 0 Å². The summed E-state index contributed by atoms with van der Waals surface area (Å²) in [6, 6.07) is 0. The molecule has 1 N–H and O–H groups in total. The van der Waals surface area contributed by atoms with Gasteiger partial charge >= 0.3 is 0 Å². The largest absolute Gasteiger partial charge is 0.393 e. The molecule has 0 saturated carbocycles. The third kappa shape index (κ3) is 6.04. The van der Waals surface area contributed by atoms with Gasteiger partial charge in [0.25, 0.3) is 0 Å². The highest BCUT2D eigenvalue weighted by atomic mass is 17.2. The van der Waals surface area contributed by atoms with Crippen molar-refractivity contribution < 1.29 is 14.9 Å². The highest BCUT2D eigenvalue weighted by Crippen LogP contribution is 2.07. The molecule has 0 aliphatic carbocycles. The molecule has 0 spiro atoms. The Morgan fingerprint density at radius 3 is 2.64 bits per heavy atom. The molecule has 0 heterocycles. The van der Waals surface area contributed by atoms with Gasteiger partial charge in [0.2, 0.25) is 0 Å². The Labute approximate surface area is 67.6 Å². The molecule has 0 radical (unpaired) electrons. The fraction of sp³-hybridized carbons (Fsp3) is 0.750. The first kappa shape index (κ1) is 10.6. The minimum absolute atomic E-state index is 0.0545. The van der Waals surface area contributed by atoms with Crippen molar-refractivity contribution >= 4 is 0 Å². The Kier molecular flexibility index (Phi) is 5.11. The van der Waals surface area contributed by atoms with Gasteiger partial charge in [0, 0.05) is 0 Å². The van der Waals surface area contributed by atoms with Gasteiger partial charge in [-0.05, 0) is 20.3 Å². The molecule has 0 atom stereocenters. The molecule has 0 saturated heterocycles. The summed E-state index contributed by atoms with van der Waals surface area (Å²) in [4.78, 5) is 9.68. The Hall–Kier alpha value is -0.380. The van der Waals surface area contributed by atoms with Crippen LogP contribution in [-0.2, 0) is 9.78 Å². The van der Waals surface area contributed by atoms with Crippen LogP contribution in [0.5, 0.6) is 0 Å². The lowest BCUT2D eigenvalue weighted by atomic mass is 10.2. The predicted octanol–water partition coefficient (Wildman–Crippen LogP) is 1.28. The molecule has 0 fully saturated rings. The van der Waals surface area contributed by atoms with Crippen molar-refractivity contribution in [2.75, 3.05) is 13.2 Å². The number of rotatable bonds is 6. The average molecular weight is 160 g/mol. The quantitative estimate of drug-likeness (QED) is 0.275. The molecule has 3 heteroatoms. The van der Waals surface area contributed by atoms with Gasteiger partial charge in [-0.2, -0.15) is 0 Å². The maximum Gasteiger partial charge on any atom is 0.121 e. The molecule has 11 heavy (non-hydrogen) atoms. The second-order valence-corrected chi connectivity index (χ2v) is 2.90. The van der Waals surface area contributed by atoms with Crippen LogP contribution in [-0.4, -0.2) is 23.9 Å². The van der Waals surface area contributed by atoms with Crippen LogP contribution in [0.15, 0.2) is 12.7 Å². The fourth-order valence-corrected chi connectivity index (χ4v) is 0.359. The molecule has 3 nitrogen and oxygen atoms in total. The lowest BCUT2D eigenvalue weighted by Crippen LogP contribution is -2.29. The van der Waals surface area contributed by atoms with Gasteiger partial charge in [-0.1, -0.05) is 6.08 Å². The van der Waals surface area contributed by atoms with E-state index in [4.69, 9.17) is 14.9 Å². The van der Waals surface area contributed by atoms with E-state index in [2.05, 4.69) is 6.58 Å². The molecule has 0 bridgehead atoms. The first-order valence-electron chi connectivity index (χ1n) is 3.65. The maximum absolute atomic E-state index is 8.73. The molecule has 0 aliphatic heterocycles. The molecule has 0 unspecified atom stereocenters. The van der Waals surface area contributed by atoms with Crippen molar-refractivity contribution in [1.82, 2.24) is 0 Å². The molecule has 66 valence electrons. The number of hydrogen-bond acceptors (Lipinski definition) is 3. The van der Waals surface area contributed by atoms with Crippen LogP contribution < -0.4 is 0 Å². The summed E-state index contributed by atoms with van der Waals surface area (Å²) in [5, 5.41) is 8.73. The number of aliphatic hydroxyl groups is 1. The van der Waals surface area contributed by atoms with Crippen molar-refractivity contribution in [1.29, 1.82) is 0 Å². The van der Waals surface area contributed by atoms with E-state index in [-0.39, 0.29) is 6.61 Å². The summed E-state index contributed by atoms with van der Waals surface area (Å²) in [5.74, 6) is 0. The third-order valence-electron chi connectivity index (χ3n) is 1.07. The van der Waals surface area contributed by atoms with Crippen LogP contribution in [0.2, 0.25) is 0 Å². The average Bonchev–Trinajstić information content (AvgIpc) is 1.99. The smallest absolute Gasteiger partial charge is 0.121 e. The Morgan fingerprint density at radius 1 is 1.55 bits per heavy atom. The number of hydrogen-bond donors (Lipinski definition) is 1. The molecule has 0 aliphatic rings. The molecular weight excluding hydrogens is 144 g/mol. The molecule has 0 amide bonds. The van der Waals surface area contributed by atoms with Crippen LogP contribution in [0.25, 0.3) is 0 Å². The fourth-order valence-electron chi connectivity index (χ4n) is 0.359. The summed E-state index contributed by atoms with van der Waals surface area (Å²) in [6.45, 7) is 7.46. The van der Waals surface area contributed by atoms with Gasteiger partial charge in [0.05, 0.1) is 13.2 Å². The lowest BCUT2D eigenvalue weighted by Gasteiger charge is -2.19. The molecule has 0 aromatic rings. The minimum Gasteiger partial charge on any atom is -0.393 e. The second-order valence-electron chi connectivity index (χ2n) is 2.90. The van der Waals surface area contributed by atoms with Gasteiger partial charge in [-0.25, -0.2) is 9.78 Å². The SMILES string of the molecule is C=CCCOOC(C)(C)CO. The molecular formula is C8H16O3. The van der Waals surface area contributed by atoms with E-state index in [1.54, 1.807) is 19.9 Å². The van der Waals surface area contributed by atoms with Crippen LogP contribution in [0.3, 0.4) is 0 Å². The van der Waals surface area contributed by atoms with Gasteiger partial charge < -0.3 is 5.11 Å². The Bertz CT molecular complexity index is 110. The van der Waals surface area contributed by atoms with Gasteiger partial charge in [-0.3, -0.25) is 0 Å². The van der Waals surface area contributed by atoms with Crippen molar-refractivity contribution in [2.45, 2.75) is 25.9 Å².